The Labute approximate surface area is 119 Å². The van der Waals surface area contributed by atoms with Gasteiger partial charge in [-0.15, -0.1) is 13.2 Å². The van der Waals surface area contributed by atoms with E-state index in [2.05, 4.69) is 9.72 Å². The van der Waals surface area contributed by atoms with Crippen LogP contribution in [0.5, 0.6) is 5.88 Å². The molecule has 0 bridgehead atoms. The van der Waals surface area contributed by atoms with E-state index in [0.29, 0.717) is 18.4 Å². The fraction of sp³-hybridized carbons (Fsp3) is 0.200. The number of hydrogen-bond acceptors (Lipinski definition) is 3. The van der Waals surface area contributed by atoms with E-state index >= 15 is 0 Å². The van der Waals surface area contributed by atoms with Gasteiger partial charge in [0.25, 0.3) is 0 Å². The van der Waals surface area contributed by atoms with E-state index in [1.165, 1.54) is 18.3 Å². The summed E-state index contributed by atoms with van der Waals surface area (Å²) in [6, 6.07) is 10.1. The minimum Gasteiger partial charge on any atom is -0.388 e. The molecule has 0 unspecified atom stereocenters. The number of carbonyl (C=O) groups excluding carboxylic acids is 1. The molecule has 0 radical (unpaired) electrons. The lowest BCUT2D eigenvalue weighted by molar-refractivity contribution is -0.276. The number of halogens is 3. The van der Waals surface area contributed by atoms with Crippen molar-refractivity contribution >= 4 is 6.29 Å². The first-order valence-corrected chi connectivity index (χ1v) is 6.23. The normalized spacial score (nSPS) is 11.2. The number of aldehydes is 1. The average Bonchev–Trinajstić information content (AvgIpc) is 2.44. The fourth-order valence-corrected chi connectivity index (χ4v) is 1.86. The summed E-state index contributed by atoms with van der Waals surface area (Å²) in [7, 11) is 0. The van der Waals surface area contributed by atoms with Gasteiger partial charge in [0.15, 0.2) is 0 Å². The van der Waals surface area contributed by atoms with Crippen LogP contribution < -0.4 is 4.74 Å². The van der Waals surface area contributed by atoms with Crippen molar-refractivity contribution in [2.75, 3.05) is 0 Å². The van der Waals surface area contributed by atoms with Crippen LogP contribution in [0.25, 0.3) is 11.1 Å². The molecule has 3 nitrogen and oxygen atoms in total. The molecule has 0 spiro atoms. The van der Waals surface area contributed by atoms with Crippen molar-refractivity contribution < 1.29 is 22.7 Å². The highest BCUT2D eigenvalue weighted by Gasteiger charge is 2.31. The first-order chi connectivity index (χ1) is 9.98. The number of aromatic nitrogens is 1. The van der Waals surface area contributed by atoms with E-state index in [9.17, 15) is 18.0 Å². The molecule has 1 aromatic heterocycles. The number of rotatable bonds is 5. The molecule has 1 aromatic carbocycles. The second kappa shape index (κ2) is 6.39. The molecule has 6 heteroatoms. The molecule has 110 valence electrons. The predicted molar refractivity (Wildman–Crippen MR) is 70.7 cm³/mol. The maximum atomic E-state index is 12.0. The van der Waals surface area contributed by atoms with Gasteiger partial charge in [0, 0.05) is 24.2 Å². The molecule has 0 fully saturated rings. The highest BCUT2D eigenvalue weighted by atomic mass is 19.4. The summed E-state index contributed by atoms with van der Waals surface area (Å²) < 4.78 is 39.9. The summed E-state index contributed by atoms with van der Waals surface area (Å²) in [5, 5.41) is 0. The molecular formula is C15H12F3NO2. The smallest absolute Gasteiger partial charge is 0.388 e. The second-order valence-electron chi connectivity index (χ2n) is 4.34. The van der Waals surface area contributed by atoms with E-state index in [1.807, 2.05) is 24.3 Å². The molecule has 21 heavy (non-hydrogen) atoms. The Morgan fingerprint density at radius 2 is 1.95 bits per heavy atom. The highest BCUT2D eigenvalue weighted by molar-refractivity contribution is 5.63. The summed E-state index contributed by atoms with van der Waals surface area (Å²) in [4.78, 5) is 14.0. The standard InChI is InChI=1S/C15H12F3NO2/c16-15(17,18)21-14-7-6-13(10-19-14)12-5-1-3-11(9-12)4-2-8-20/h1,3,5-10H,2,4H2. The van der Waals surface area contributed by atoms with Gasteiger partial charge in [0.05, 0.1) is 0 Å². The third-order valence-corrected chi connectivity index (χ3v) is 2.77. The summed E-state index contributed by atoms with van der Waals surface area (Å²) in [5.41, 5.74) is 2.48. The number of nitrogens with zero attached hydrogens (tertiary/aromatic N) is 1. The van der Waals surface area contributed by atoms with Crippen molar-refractivity contribution in [2.24, 2.45) is 0 Å². The van der Waals surface area contributed by atoms with Gasteiger partial charge in [-0.2, -0.15) is 0 Å². The molecule has 2 aromatic rings. The summed E-state index contributed by atoms with van der Waals surface area (Å²) in [5.74, 6) is -0.497. The lowest BCUT2D eigenvalue weighted by Gasteiger charge is -2.08. The minimum atomic E-state index is -4.75. The monoisotopic (exact) mass is 295 g/mol. The van der Waals surface area contributed by atoms with E-state index in [1.54, 1.807) is 0 Å². The first kappa shape index (κ1) is 15.0. The summed E-state index contributed by atoms with van der Waals surface area (Å²) in [6.07, 6.45) is -1.53. The van der Waals surface area contributed by atoms with Crippen LogP contribution in [0.4, 0.5) is 13.2 Å². The number of pyridine rings is 1. The molecule has 1 heterocycles. The number of benzene rings is 1. The van der Waals surface area contributed by atoms with Gasteiger partial charge >= 0.3 is 6.36 Å². The van der Waals surface area contributed by atoms with Crippen molar-refractivity contribution in [3.8, 4) is 17.0 Å². The van der Waals surface area contributed by atoms with E-state index < -0.39 is 12.2 Å². The Balaban J connectivity index is 2.16. The molecule has 0 N–H and O–H groups in total. The van der Waals surface area contributed by atoms with Crippen molar-refractivity contribution in [2.45, 2.75) is 19.2 Å². The molecular weight excluding hydrogens is 283 g/mol. The number of ether oxygens (including phenoxy) is 1. The Hall–Kier alpha value is -2.37. The molecule has 0 aliphatic heterocycles. The van der Waals surface area contributed by atoms with Crippen molar-refractivity contribution in [3.63, 3.8) is 0 Å². The fourth-order valence-electron chi connectivity index (χ4n) is 1.86. The zero-order chi connectivity index (χ0) is 15.3. The van der Waals surface area contributed by atoms with Crippen LogP contribution in [0.2, 0.25) is 0 Å². The largest absolute Gasteiger partial charge is 0.574 e. The first-order valence-electron chi connectivity index (χ1n) is 6.23. The predicted octanol–water partition coefficient (Wildman–Crippen LogP) is 3.78. The number of alkyl halides is 3. The summed E-state index contributed by atoms with van der Waals surface area (Å²) >= 11 is 0. The molecule has 0 amide bonds. The van der Waals surface area contributed by atoms with Crippen LogP contribution in [-0.4, -0.2) is 17.6 Å². The van der Waals surface area contributed by atoms with Crippen molar-refractivity contribution in [1.82, 2.24) is 4.98 Å². The van der Waals surface area contributed by atoms with Crippen LogP contribution in [0.1, 0.15) is 12.0 Å². The van der Waals surface area contributed by atoms with Gasteiger partial charge in [-0.25, -0.2) is 4.98 Å². The van der Waals surface area contributed by atoms with Crippen molar-refractivity contribution in [3.05, 3.63) is 48.2 Å². The van der Waals surface area contributed by atoms with E-state index in [-0.39, 0.29) is 0 Å². The van der Waals surface area contributed by atoms with Crippen LogP contribution >= 0.6 is 0 Å². The third kappa shape index (κ3) is 4.59. The van der Waals surface area contributed by atoms with Gasteiger partial charge in [-0.1, -0.05) is 24.3 Å². The van der Waals surface area contributed by atoms with Gasteiger partial charge in [-0.3, -0.25) is 0 Å². The van der Waals surface area contributed by atoms with Crippen LogP contribution in [0.3, 0.4) is 0 Å². The van der Waals surface area contributed by atoms with Crippen LogP contribution in [0, 0.1) is 0 Å². The quantitative estimate of drug-likeness (QED) is 0.788. The molecule has 0 saturated carbocycles. The summed E-state index contributed by atoms with van der Waals surface area (Å²) in [6.45, 7) is 0. The lowest BCUT2D eigenvalue weighted by atomic mass is 10.0. The Morgan fingerprint density at radius 3 is 2.57 bits per heavy atom. The van der Waals surface area contributed by atoms with E-state index in [4.69, 9.17) is 0 Å². The average molecular weight is 295 g/mol. The Morgan fingerprint density at radius 1 is 1.14 bits per heavy atom. The molecule has 0 aliphatic rings. The zero-order valence-corrected chi connectivity index (χ0v) is 10.9. The molecule has 0 aliphatic carbocycles. The number of carbonyl (C=O) groups is 1. The van der Waals surface area contributed by atoms with Gasteiger partial charge < -0.3 is 9.53 Å². The molecule has 0 atom stereocenters. The van der Waals surface area contributed by atoms with E-state index in [0.717, 1.165) is 17.4 Å². The van der Waals surface area contributed by atoms with Crippen molar-refractivity contribution in [1.29, 1.82) is 0 Å². The Bertz CT molecular complexity index is 609. The minimum absolute atomic E-state index is 0.431. The van der Waals surface area contributed by atoms with Gasteiger partial charge in [0.2, 0.25) is 5.88 Å². The maximum Gasteiger partial charge on any atom is 0.574 e. The van der Waals surface area contributed by atoms with Gasteiger partial charge in [0.1, 0.15) is 6.29 Å². The zero-order valence-electron chi connectivity index (χ0n) is 10.9. The molecule has 2 rings (SSSR count). The van der Waals surface area contributed by atoms with Crippen LogP contribution in [0.15, 0.2) is 42.6 Å². The second-order valence-corrected chi connectivity index (χ2v) is 4.34. The Kier molecular flexibility index (Phi) is 4.57. The van der Waals surface area contributed by atoms with Gasteiger partial charge in [-0.05, 0) is 23.6 Å². The number of aryl methyl sites for hydroxylation is 1. The maximum absolute atomic E-state index is 12.0. The number of hydrogen-bond donors (Lipinski definition) is 0. The third-order valence-electron chi connectivity index (χ3n) is 2.77. The lowest BCUT2D eigenvalue weighted by Crippen LogP contribution is -2.17. The SMILES string of the molecule is O=CCCc1cccc(-c2ccc(OC(F)(F)F)nc2)c1. The topological polar surface area (TPSA) is 39.2 Å². The highest BCUT2D eigenvalue weighted by Crippen LogP contribution is 2.24. The molecule has 0 saturated heterocycles. The van der Waals surface area contributed by atoms with Crippen LogP contribution in [-0.2, 0) is 11.2 Å².